The monoisotopic (exact) mass is 283 g/mol. The predicted octanol–water partition coefficient (Wildman–Crippen LogP) is 2.65. The van der Waals surface area contributed by atoms with Gasteiger partial charge in [0.1, 0.15) is 5.75 Å². The Morgan fingerprint density at radius 3 is 3.11 bits per heavy atom. The van der Waals surface area contributed by atoms with E-state index in [-0.39, 0.29) is 12.0 Å². The summed E-state index contributed by atoms with van der Waals surface area (Å²) in [7, 11) is 0. The summed E-state index contributed by atoms with van der Waals surface area (Å²) in [5.74, 6) is 0.373. The Balaban J connectivity index is 2.02. The van der Waals surface area contributed by atoms with Gasteiger partial charge < -0.3 is 14.8 Å². The molecule has 4 nitrogen and oxygen atoms in total. The lowest BCUT2D eigenvalue weighted by atomic mass is 10.1. The molecule has 1 amide bonds. The van der Waals surface area contributed by atoms with Crippen LogP contribution in [0.1, 0.15) is 30.1 Å². The average molecular weight is 284 g/mol. The van der Waals surface area contributed by atoms with Crippen LogP contribution >= 0.6 is 11.6 Å². The molecule has 1 aliphatic heterocycles. The van der Waals surface area contributed by atoms with Crippen LogP contribution in [-0.4, -0.2) is 31.8 Å². The first-order valence-electron chi connectivity index (χ1n) is 6.53. The second-order valence-corrected chi connectivity index (χ2v) is 4.85. The first kappa shape index (κ1) is 14.2. The van der Waals surface area contributed by atoms with E-state index in [1.54, 1.807) is 18.2 Å². The summed E-state index contributed by atoms with van der Waals surface area (Å²) in [6, 6.07) is 5.05. The third-order valence-corrected chi connectivity index (χ3v) is 3.24. The predicted molar refractivity (Wildman–Crippen MR) is 73.9 cm³/mol. The number of halogens is 1. The molecule has 1 N–H and O–H groups in total. The van der Waals surface area contributed by atoms with Crippen LogP contribution in [0.5, 0.6) is 5.75 Å². The Labute approximate surface area is 118 Å². The molecule has 0 unspecified atom stereocenters. The van der Waals surface area contributed by atoms with Gasteiger partial charge in [-0.2, -0.15) is 0 Å². The third kappa shape index (κ3) is 3.85. The Morgan fingerprint density at radius 2 is 2.42 bits per heavy atom. The maximum atomic E-state index is 12.1. The summed E-state index contributed by atoms with van der Waals surface area (Å²) in [5, 5.41) is 3.38. The molecular weight excluding hydrogens is 266 g/mol. The summed E-state index contributed by atoms with van der Waals surface area (Å²) in [5.41, 5.74) is 0.465. The first-order valence-corrected chi connectivity index (χ1v) is 6.90. The second kappa shape index (κ2) is 6.78. The molecule has 1 saturated heterocycles. The Hall–Kier alpha value is -1.26. The van der Waals surface area contributed by atoms with Gasteiger partial charge in [0.25, 0.3) is 5.91 Å². The summed E-state index contributed by atoms with van der Waals surface area (Å²) in [6.45, 7) is 3.69. The van der Waals surface area contributed by atoms with Gasteiger partial charge in [-0.3, -0.25) is 4.79 Å². The molecule has 1 atom stereocenters. The fourth-order valence-corrected chi connectivity index (χ4v) is 2.24. The molecule has 19 heavy (non-hydrogen) atoms. The van der Waals surface area contributed by atoms with Crippen molar-refractivity contribution in [2.75, 3.05) is 19.8 Å². The number of hydrogen-bond acceptors (Lipinski definition) is 3. The summed E-state index contributed by atoms with van der Waals surface area (Å²) >= 11 is 5.93. The molecule has 1 aromatic rings. The molecule has 5 heteroatoms. The van der Waals surface area contributed by atoms with Gasteiger partial charge in [0.05, 0.1) is 18.3 Å². The van der Waals surface area contributed by atoms with Crippen molar-refractivity contribution in [2.45, 2.75) is 25.9 Å². The Morgan fingerprint density at radius 1 is 1.58 bits per heavy atom. The second-order valence-electron chi connectivity index (χ2n) is 4.42. The summed E-state index contributed by atoms with van der Waals surface area (Å²) in [4.78, 5) is 12.1. The summed E-state index contributed by atoms with van der Waals surface area (Å²) in [6.07, 6.45) is 2.18. The largest absolute Gasteiger partial charge is 0.493 e. The van der Waals surface area contributed by atoms with E-state index in [1.165, 1.54) is 0 Å². The minimum atomic E-state index is -0.179. The lowest BCUT2D eigenvalue weighted by molar-refractivity contribution is 0.0854. The Kier molecular flexibility index (Phi) is 5.05. The van der Waals surface area contributed by atoms with Crippen LogP contribution in [0.25, 0.3) is 0 Å². The number of benzene rings is 1. The van der Waals surface area contributed by atoms with Crippen molar-refractivity contribution in [1.29, 1.82) is 0 Å². The highest BCUT2D eigenvalue weighted by Gasteiger charge is 2.18. The van der Waals surface area contributed by atoms with Gasteiger partial charge in [-0.25, -0.2) is 0 Å². The number of carbonyl (C=O) groups excluding carboxylic acids is 1. The fraction of sp³-hybridized carbons (Fsp3) is 0.500. The maximum Gasteiger partial charge on any atom is 0.255 e. The lowest BCUT2D eigenvalue weighted by Gasteiger charge is -2.13. The molecular formula is C14H18ClNO3. The van der Waals surface area contributed by atoms with Gasteiger partial charge in [-0.05, 0) is 38.0 Å². The highest BCUT2D eigenvalue weighted by Crippen LogP contribution is 2.23. The zero-order valence-electron chi connectivity index (χ0n) is 10.9. The van der Waals surface area contributed by atoms with Crippen molar-refractivity contribution < 1.29 is 14.3 Å². The Bertz CT molecular complexity index is 444. The molecule has 1 heterocycles. The third-order valence-electron chi connectivity index (χ3n) is 3.00. The molecule has 1 fully saturated rings. The van der Waals surface area contributed by atoms with Gasteiger partial charge in [0.15, 0.2) is 0 Å². The van der Waals surface area contributed by atoms with Gasteiger partial charge in [0, 0.05) is 18.2 Å². The van der Waals surface area contributed by atoms with Crippen LogP contribution in [0.15, 0.2) is 18.2 Å². The van der Waals surface area contributed by atoms with E-state index in [2.05, 4.69) is 5.32 Å². The molecule has 0 spiro atoms. The van der Waals surface area contributed by atoms with Crippen LogP contribution < -0.4 is 10.1 Å². The highest BCUT2D eigenvalue weighted by molar-refractivity contribution is 6.31. The van der Waals surface area contributed by atoms with Crippen molar-refractivity contribution in [1.82, 2.24) is 5.32 Å². The molecule has 0 aliphatic carbocycles. The topological polar surface area (TPSA) is 47.6 Å². The van der Waals surface area contributed by atoms with Gasteiger partial charge in [-0.1, -0.05) is 11.6 Å². The van der Waals surface area contributed by atoms with Crippen LogP contribution in [0.3, 0.4) is 0 Å². The van der Waals surface area contributed by atoms with Crippen molar-refractivity contribution >= 4 is 17.5 Å². The normalized spacial score (nSPS) is 18.3. The van der Waals surface area contributed by atoms with Crippen molar-refractivity contribution in [3.8, 4) is 5.75 Å². The number of nitrogens with one attached hydrogen (secondary N) is 1. The van der Waals surface area contributed by atoms with E-state index >= 15 is 0 Å². The average Bonchev–Trinajstić information content (AvgIpc) is 2.91. The molecule has 0 bridgehead atoms. The zero-order valence-corrected chi connectivity index (χ0v) is 11.7. The zero-order chi connectivity index (χ0) is 13.7. The number of amides is 1. The molecule has 2 rings (SSSR count). The van der Waals surface area contributed by atoms with Crippen molar-refractivity contribution in [2.24, 2.45) is 0 Å². The fourth-order valence-electron chi connectivity index (χ4n) is 2.07. The van der Waals surface area contributed by atoms with Crippen LogP contribution in [0.4, 0.5) is 0 Å². The van der Waals surface area contributed by atoms with Crippen LogP contribution in [-0.2, 0) is 4.74 Å². The van der Waals surface area contributed by atoms with Crippen molar-refractivity contribution in [3.63, 3.8) is 0 Å². The van der Waals surface area contributed by atoms with Crippen molar-refractivity contribution in [3.05, 3.63) is 28.8 Å². The highest BCUT2D eigenvalue weighted by atomic mass is 35.5. The number of carbonyl (C=O) groups is 1. The van der Waals surface area contributed by atoms with E-state index in [0.29, 0.717) is 29.5 Å². The molecule has 0 aromatic heterocycles. The maximum absolute atomic E-state index is 12.1. The van der Waals surface area contributed by atoms with Gasteiger partial charge in [0.2, 0.25) is 0 Å². The van der Waals surface area contributed by atoms with E-state index in [9.17, 15) is 4.79 Å². The van der Waals surface area contributed by atoms with E-state index in [1.807, 2.05) is 6.92 Å². The molecule has 1 aliphatic rings. The number of hydrogen-bond donors (Lipinski definition) is 1. The minimum Gasteiger partial charge on any atom is -0.493 e. The van der Waals surface area contributed by atoms with Gasteiger partial charge in [-0.15, -0.1) is 0 Å². The molecule has 0 radical (unpaired) electrons. The van der Waals surface area contributed by atoms with Crippen LogP contribution in [0.2, 0.25) is 5.02 Å². The van der Waals surface area contributed by atoms with E-state index in [4.69, 9.17) is 21.1 Å². The lowest BCUT2D eigenvalue weighted by Crippen LogP contribution is -2.32. The van der Waals surface area contributed by atoms with E-state index in [0.717, 1.165) is 19.4 Å². The first-order chi connectivity index (χ1) is 9.20. The van der Waals surface area contributed by atoms with E-state index < -0.39 is 0 Å². The number of ether oxygens (including phenoxy) is 2. The SMILES string of the molecule is CCOc1ccc(Cl)cc1C(=O)NC[C@H]1CCCO1. The smallest absolute Gasteiger partial charge is 0.255 e. The molecule has 1 aromatic carbocycles. The molecule has 0 saturated carbocycles. The summed E-state index contributed by atoms with van der Waals surface area (Å²) < 4.78 is 10.9. The quantitative estimate of drug-likeness (QED) is 0.904. The van der Waals surface area contributed by atoms with Crippen LogP contribution in [0, 0.1) is 0 Å². The minimum absolute atomic E-state index is 0.124. The number of rotatable bonds is 5. The molecule has 104 valence electrons. The standard InChI is InChI=1S/C14H18ClNO3/c1-2-18-13-6-5-10(15)8-12(13)14(17)16-9-11-4-3-7-19-11/h5-6,8,11H,2-4,7,9H2,1H3,(H,16,17)/t11-/m1/s1. The van der Waals surface area contributed by atoms with Gasteiger partial charge >= 0.3 is 0 Å².